The van der Waals surface area contributed by atoms with E-state index in [1.165, 1.54) is 11.1 Å². The molecule has 0 spiro atoms. The first-order valence-electron chi connectivity index (χ1n) is 6.46. The Bertz CT molecular complexity index is 549. The van der Waals surface area contributed by atoms with Crippen LogP contribution in [-0.2, 0) is 0 Å². The van der Waals surface area contributed by atoms with Crippen molar-refractivity contribution in [3.8, 4) is 11.5 Å². The van der Waals surface area contributed by atoms with Gasteiger partial charge in [-0.2, -0.15) is 0 Å². The molecule has 1 aromatic carbocycles. The molecule has 0 radical (unpaired) electrons. The van der Waals surface area contributed by atoms with E-state index in [0.29, 0.717) is 0 Å². The lowest BCUT2D eigenvalue weighted by Crippen LogP contribution is -2.40. The summed E-state index contributed by atoms with van der Waals surface area (Å²) in [5, 5.41) is 6.80. The smallest absolute Gasteiger partial charge is 0.161 e. The maximum atomic E-state index is 5.36. The average molecular weight is 258 g/mol. The molecule has 2 N–H and O–H groups in total. The summed E-state index contributed by atoms with van der Waals surface area (Å²) in [5.41, 5.74) is 3.68. The van der Waals surface area contributed by atoms with Crippen molar-refractivity contribution in [1.82, 2.24) is 10.6 Å². The van der Waals surface area contributed by atoms with Gasteiger partial charge in [0.1, 0.15) is 6.17 Å². The number of methoxy groups -OCH3 is 2. The minimum Gasteiger partial charge on any atom is -0.493 e. The Morgan fingerprint density at radius 3 is 2.79 bits per heavy atom. The zero-order chi connectivity index (χ0) is 13.2. The summed E-state index contributed by atoms with van der Waals surface area (Å²) >= 11 is 0. The highest BCUT2D eigenvalue weighted by atomic mass is 16.5. The number of rotatable bonds is 3. The highest BCUT2D eigenvalue weighted by molar-refractivity contribution is 5.83. The Morgan fingerprint density at radius 2 is 2.00 bits per heavy atom. The second kappa shape index (κ2) is 4.97. The Labute approximate surface area is 113 Å². The summed E-state index contributed by atoms with van der Waals surface area (Å²) in [6.45, 7) is 1.02. The van der Waals surface area contributed by atoms with E-state index in [1.54, 1.807) is 14.2 Å². The molecule has 1 aromatic rings. The van der Waals surface area contributed by atoms with Crippen molar-refractivity contribution in [1.29, 1.82) is 0 Å². The van der Waals surface area contributed by atoms with E-state index in [2.05, 4.69) is 29.0 Å². The lowest BCUT2D eigenvalue weighted by molar-refractivity contribution is 0.355. The van der Waals surface area contributed by atoms with Crippen LogP contribution >= 0.6 is 0 Å². The van der Waals surface area contributed by atoms with Crippen molar-refractivity contribution >= 4 is 5.57 Å². The molecule has 100 valence electrons. The van der Waals surface area contributed by atoms with Crippen molar-refractivity contribution in [3.63, 3.8) is 0 Å². The van der Waals surface area contributed by atoms with E-state index in [4.69, 9.17) is 9.47 Å². The average Bonchev–Trinajstić information content (AvgIpc) is 2.90. The lowest BCUT2D eigenvalue weighted by atomic mass is 9.96. The molecule has 1 atom stereocenters. The number of hydrogen-bond donors (Lipinski definition) is 2. The zero-order valence-corrected chi connectivity index (χ0v) is 11.2. The molecule has 0 aromatic heterocycles. The minimum absolute atomic E-state index is 0.247. The van der Waals surface area contributed by atoms with Crippen LogP contribution in [0.5, 0.6) is 11.5 Å². The normalized spacial score (nSPS) is 21.1. The number of fused-ring (bicyclic) bond motifs is 1. The van der Waals surface area contributed by atoms with Crippen LogP contribution in [-0.4, -0.2) is 26.9 Å². The highest BCUT2D eigenvalue weighted by Gasteiger charge is 2.25. The summed E-state index contributed by atoms with van der Waals surface area (Å²) in [5.74, 6) is 1.51. The number of hydrogen-bond acceptors (Lipinski definition) is 4. The lowest BCUT2D eigenvalue weighted by Gasteiger charge is -2.21. The van der Waals surface area contributed by atoms with E-state index < -0.39 is 0 Å². The molecule has 0 saturated heterocycles. The molecule has 0 aliphatic carbocycles. The van der Waals surface area contributed by atoms with Gasteiger partial charge >= 0.3 is 0 Å². The van der Waals surface area contributed by atoms with Crippen LogP contribution in [0.3, 0.4) is 0 Å². The maximum absolute atomic E-state index is 5.36. The van der Waals surface area contributed by atoms with E-state index in [0.717, 1.165) is 30.0 Å². The van der Waals surface area contributed by atoms with Crippen molar-refractivity contribution < 1.29 is 9.47 Å². The fraction of sp³-hybridized carbons (Fsp3) is 0.333. The van der Waals surface area contributed by atoms with Crippen LogP contribution in [0.2, 0.25) is 0 Å². The molecule has 4 heteroatoms. The number of nitrogens with one attached hydrogen (secondary N) is 2. The van der Waals surface area contributed by atoms with Gasteiger partial charge in [-0.15, -0.1) is 0 Å². The third-order valence-corrected chi connectivity index (χ3v) is 3.57. The van der Waals surface area contributed by atoms with Crippen LogP contribution in [0, 0.1) is 0 Å². The Kier molecular flexibility index (Phi) is 3.17. The van der Waals surface area contributed by atoms with Gasteiger partial charge in [0.25, 0.3) is 0 Å². The van der Waals surface area contributed by atoms with Gasteiger partial charge in [-0.3, -0.25) is 5.32 Å². The van der Waals surface area contributed by atoms with E-state index >= 15 is 0 Å². The third-order valence-electron chi connectivity index (χ3n) is 3.57. The topological polar surface area (TPSA) is 42.5 Å². The molecule has 0 fully saturated rings. The molecule has 0 bridgehead atoms. The molecule has 0 saturated carbocycles. The first kappa shape index (κ1) is 12.1. The predicted molar refractivity (Wildman–Crippen MR) is 75.1 cm³/mol. The predicted octanol–water partition coefficient (Wildman–Crippen LogP) is 1.89. The van der Waals surface area contributed by atoms with Crippen molar-refractivity contribution in [2.45, 2.75) is 12.6 Å². The molecule has 19 heavy (non-hydrogen) atoms. The van der Waals surface area contributed by atoms with Gasteiger partial charge in [-0.05, 0) is 29.7 Å². The monoisotopic (exact) mass is 258 g/mol. The Hall–Kier alpha value is -1.94. The van der Waals surface area contributed by atoms with Crippen LogP contribution in [0.4, 0.5) is 0 Å². The fourth-order valence-electron chi connectivity index (χ4n) is 2.60. The molecule has 0 amide bonds. The summed E-state index contributed by atoms with van der Waals surface area (Å²) in [4.78, 5) is 0. The fourth-order valence-corrected chi connectivity index (χ4v) is 2.60. The molecular formula is C15H18N2O2. The van der Waals surface area contributed by atoms with Crippen LogP contribution in [0.15, 0.2) is 36.0 Å². The summed E-state index contributed by atoms with van der Waals surface area (Å²) in [7, 11) is 3.31. The van der Waals surface area contributed by atoms with Gasteiger partial charge in [0.05, 0.1) is 14.2 Å². The zero-order valence-electron chi connectivity index (χ0n) is 11.2. The van der Waals surface area contributed by atoms with Gasteiger partial charge in [0.15, 0.2) is 11.5 Å². The van der Waals surface area contributed by atoms with E-state index in [1.807, 2.05) is 12.1 Å². The summed E-state index contributed by atoms with van der Waals surface area (Å²) in [6.07, 6.45) is 5.68. The highest BCUT2D eigenvalue weighted by Crippen LogP contribution is 2.35. The summed E-state index contributed by atoms with van der Waals surface area (Å²) < 4.78 is 10.6. The first-order valence-corrected chi connectivity index (χ1v) is 6.46. The standard InChI is InChI=1S/C15H18N2O2/c1-18-13-6-5-10(8-14(13)19-2)12-9-17-15-11(12)4-3-7-16-15/h4-6,8-9,15-17H,3,7H2,1-2H3. The van der Waals surface area contributed by atoms with Gasteiger partial charge < -0.3 is 14.8 Å². The minimum atomic E-state index is 0.247. The van der Waals surface area contributed by atoms with Crippen molar-refractivity contribution in [3.05, 3.63) is 41.6 Å². The SMILES string of the molecule is COc1ccc(C2=CNC3NCCC=C23)cc1OC. The van der Waals surface area contributed by atoms with Gasteiger partial charge in [0.2, 0.25) is 0 Å². The van der Waals surface area contributed by atoms with E-state index in [9.17, 15) is 0 Å². The molecule has 2 heterocycles. The molecule has 1 unspecified atom stereocenters. The maximum Gasteiger partial charge on any atom is 0.161 e. The van der Waals surface area contributed by atoms with Crippen LogP contribution < -0.4 is 20.1 Å². The van der Waals surface area contributed by atoms with Gasteiger partial charge in [-0.1, -0.05) is 12.1 Å². The number of ether oxygens (including phenoxy) is 2. The second-order valence-electron chi connectivity index (χ2n) is 4.63. The van der Waals surface area contributed by atoms with Crippen molar-refractivity contribution in [2.75, 3.05) is 20.8 Å². The van der Waals surface area contributed by atoms with Gasteiger partial charge in [-0.25, -0.2) is 0 Å². The molecular weight excluding hydrogens is 240 g/mol. The van der Waals surface area contributed by atoms with Crippen molar-refractivity contribution in [2.24, 2.45) is 0 Å². The largest absolute Gasteiger partial charge is 0.493 e. The summed E-state index contributed by atoms with van der Waals surface area (Å²) in [6, 6.07) is 6.02. The quantitative estimate of drug-likeness (QED) is 0.869. The number of benzene rings is 1. The molecule has 2 aliphatic heterocycles. The Balaban J connectivity index is 1.96. The van der Waals surface area contributed by atoms with Gasteiger partial charge in [0, 0.05) is 18.3 Å². The third kappa shape index (κ3) is 2.08. The first-order chi connectivity index (χ1) is 9.33. The van der Waals surface area contributed by atoms with Crippen LogP contribution in [0.1, 0.15) is 12.0 Å². The van der Waals surface area contributed by atoms with E-state index in [-0.39, 0.29) is 6.17 Å². The molecule has 3 rings (SSSR count). The molecule has 4 nitrogen and oxygen atoms in total. The van der Waals surface area contributed by atoms with Crippen LogP contribution in [0.25, 0.3) is 5.57 Å². The Morgan fingerprint density at radius 1 is 1.16 bits per heavy atom. The second-order valence-corrected chi connectivity index (χ2v) is 4.63. The molecule has 2 aliphatic rings.